The van der Waals surface area contributed by atoms with Crippen molar-refractivity contribution in [1.82, 2.24) is 10.4 Å². The second-order valence-corrected chi connectivity index (χ2v) is 6.16. The van der Waals surface area contributed by atoms with Crippen LogP contribution >= 0.6 is 27.3 Å². The lowest BCUT2D eigenvalue weighted by molar-refractivity contribution is 0.0958. The van der Waals surface area contributed by atoms with Crippen molar-refractivity contribution in [2.24, 2.45) is 5.10 Å². The van der Waals surface area contributed by atoms with E-state index in [-0.39, 0.29) is 5.75 Å². The minimum absolute atomic E-state index is 0.0677. The number of nitrogens with two attached hydrogens (primary N) is 1. The van der Waals surface area contributed by atoms with Crippen LogP contribution in [0.1, 0.15) is 20.9 Å². The molecule has 116 valence electrons. The van der Waals surface area contributed by atoms with Gasteiger partial charge in [0.2, 0.25) is 0 Å². The Morgan fingerprint density at radius 2 is 2.32 bits per heavy atom. The quantitative estimate of drug-likeness (QED) is 0.553. The third-order valence-corrected chi connectivity index (χ3v) is 4.12. The number of hydrazone groups is 1. The van der Waals surface area contributed by atoms with Gasteiger partial charge in [0.15, 0.2) is 16.6 Å². The molecule has 0 fully saturated rings. The van der Waals surface area contributed by atoms with Crippen LogP contribution in [0, 0.1) is 6.92 Å². The summed E-state index contributed by atoms with van der Waals surface area (Å²) in [6, 6.07) is 3.26. The number of nitrogen functional groups attached to an aromatic ring is 1. The summed E-state index contributed by atoms with van der Waals surface area (Å²) in [6.07, 6.45) is 1.32. The number of hydrogen-bond acceptors (Lipinski definition) is 7. The van der Waals surface area contributed by atoms with Gasteiger partial charge in [-0.15, -0.1) is 0 Å². The third-order valence-electron chi connectivity index (χ3n) is 2.68. The van der Waals surface area contributed by atoms with Crippen LogP contribution < -0.4 is 15.9 Å². The fourth-order valence-corrected chi connectivity index (χ4v) is 2.87. The van der Waals surface area contributed by atoms with Crippen LogP contribution in [0.15, 0.2) is 21.7 Å². The van der Waals surface area contributed by atoms with Crippen LogP contribution in [0.5, 0.6) is 11.5 Å². The molecule has 0 radical (unpaired) electrons. The first kappa shape index (κ1) is 16.2. The molecule has 0 saturated carbocycles. The van der Waals surface area contributed by atoms with Crippen LogP contribution in [0.3, 0.4) is 0 Å². The summed E-state index contributed by atoms with van der Waals surface area (Å²) in [7, 11) is 1.45. The van der Waals surface area contributed by atoms with Gasteiger partial charge in [0, 0.05) is 10.0 Å². The van der Waals surface area contributed by atoms with Crippen LogP contribution in [0.2, 0.25) is 0 Å². The zero-order valence-corrected chi connectivity index (χ0v) is 14.2. The molecule has 0 aliphatic carbocycles. The molecule has 1 amide bonds. The van der Waals surface area contributed by atoms with Gasteiger partial charge in [0.25, 0.3) is 5.91 Å². The van der Waals surface area contributed by atoms with E-state index in [4.69, 9.17) is 10.5 Å². The smallest absolute Gasteiger partial charge is 0.283 e. The lowest BCUT2D eigenvalue weighted by atomic mass is 10.2. The highest BCUT2D eigenvalue weighted by Crippen LogP contribution is 2.32. The molecule has 7 nitrogen and oxygen atoms in total. The number of halogens is 1. The fourth-order valence-electron chi connectivity index (χ4n) is 1.69. The molecule has 0 saturated heterocycles. The van der Waals surface area contributed by atoms with Gasteiger partial charge < -0.3 is 15.6 Å². The van der Waals surface area contributed by atoms with Crippen LogP contribution in [0.4, 0.5) is 5.13 Å². The van der Waals surface area contributed by atoms with E-state index in [1.165, 1.54) is 13.3 Å². The van der Waals surface area contributed by atoms with E-state index in [0.717, 1.165) is 11.3 Å². The average molecular weight is 385 g/mol. The maximum absolute atomic E-state index is 11.9. The number of benzene rings is 1. The molecule has 0 atom stereocenters. The summed E-state index contributed by atoms with van der Waals surface area (Å²) in [5.41, 5.74) is 8.85. The van der Waals surface area contributed by atoms with Crippen LogP contribution in [0.25, 0.3) is 0 Å². The van der Waals surface area contributed by atoms with Crippen molar-refractivity contribution >= 4 is 44.5 Å². The normalized spacial score (nSPS) is 10.9. The Labute approximate surface area is 139 Å². The van der Waals surface area contributed by atoms with E-state index < -0.39 is 5.91 Å². The van der Waals surface area contributed by atoms with E-state index in [0.29, 0.717) is 31.5 Å². The number of anilines is 1. The number of hydrogen-bond donors (Lipinski definition) is 3. The van der Waals surface area contributed by atoms with Crippen molar-refractivity contribution < 1.29 is 14.6 Å². The number of phenols is 1. The largest absolute Gasteiger partial charge is 0.504 e. The summed E-state index contributed by atoms with van der Waals surface area (Å²) in [5.74, 6) is -0.181. The number of aromatic nitrogens is 1. The number of nitrogens with zero attached hydrogens (tertiary/aromatic N) is 2. The van der Waals surface area contributed by atoms with Crippen LogP contribution in [-0.4, -0.2) is 29.3 Å². The molecule has 0 aliphatic rings. The van der Waals surface area contributed by atoms with Crippen molar-refractivity contribution in [1.29, 1.82) is 0 Å². The van der Waals surface area contributed by atoms with E-state index >= 15 is 0 Å². The SMILES string of the molecule is COc1cc(Br)cc(/C=N\NC(=O)c2sc(N)nc2C)c1O. The molecular weight excluding hydrogens is 372 g/mol. The topological polar surface area (TPSA) is 110 Å². The molecule has 0 aliphatic heterocycles. The highest BCUT2D eigenvalue weighted by molar-refractivity contribution is 9.10. The van der Waals surface area contributed by atoms with Crippen molar-refractivity contribution in [2.75, 3.05) is 12.8 Å². The molecule has 1 aromatic heterocycles. The Morgan fingerprint density at radius 1 is 1.59 bits per heavy atom. The van der Waals surface area contributed by atoms with E-state index in [2.05, 4.69) is 31.4 Å². The van der Waals surface area contributed by atoms with Crippen molar-refractivity contribution in [3.63, 3.8) is 0 Å². The second kappa shape index (κ2) is 6.75. The summed E-state index contributed by atoms with van der Waals surface area (Å²) in [4.78, 5) is 16.3. The molecule has 0 bridgehead atoms. The van der Waals surface area contributed by atoms with Gasteiger partial charge in [0.05, 0.1) is 19.0 Å². The Bertz CT molecular complexity index is 745. The first-order valence-corrected chi connectivity index (χ1v) is 7.66. The number of methoxy groups -OCH3 is 1. The molecule has 1 aromatic carbocycles. The number of rotatable bonds is 4. The number of thiazole rings is 1. The number of aromatic hydroxyl groups is 1. The predicted molar refractivity (Wildman–Crippen MR) is 88.7 cm³/mol. The van der Waals surface area contributed by atoms with Gasteiger partial charge in [-0.1, -0.05) is 27.3 Å². The fraction of sp³-hybridized carbons (Fsp3) is 0.154. The summed E-state index contributed by atoms with van der Waals surface area (Å²) < 4.78 is 5.74. The van der Waals surface area contributed by atoms with E-state index in [1.807, 2.05) is 0 Å². The van der Waals surface area contributed by atoms with Gasteiger partial charge in [-0.2, -0.15) is 5.10 Å². The number of carbonyl (C=O) groups is 1. The standard InChI is InChI=1S/C13H13BrN4O3S/c1-6-11(22-13(15)17-6)12(20)18-16-5-7-3-8(14)4-9(21-2)10(7)19/h3-5,19H,1-2H3,(H2,15,17)(H,18,20)/b16-5-. The average Bonchev–Trinajstić information content (AvgIpc) is 2.81. The summed E-state index contributed by atoms with van der Waals surface area (Å²) in [5, 5.41) is 14.1. The number of carbonyl (C=O) groups excluding carboxylic acids is 1. The number of ether oxygens (including phenoxy) is 1. The minimum atomic E-state index is -0.413. The van der Waals surface area contributed by atoms with Crippen molar-refractivity contribution in [3.8, 4) is 11.5 Å². The van der Waals surface area contributed by atoms with Crippen molar-refractivity contribution in [3.05, 3.63) is 32.7 Å². The van der Waals surface area contributed by atoms with Crippen LogP contribution in [-0.2, 0) is 0 Å². The number of nitrogens with one attached hydrogen (secondary N) is 1. The van der Waals surface area contributed by atoms with Crippen molar-refractivity contribution in [2.45, 2.75) is 6.92 Å². The molecule has 1 heterocycles. The monoisotopic (exact) mass is 384 g/mol. The molecule has 9 heteroatoms. The lowest BCUT2D eigenvalue weighted by Crippen LogP contribution is -2.17. The van der Waals surface area contributed by atoms with Gasteiger partial charge in [0.1, 0.15) is 4.88 Å². The number of amides is 1. The second-order valence-electron chi connectivity index (χ2n) is 4.21. The van der Waals surface area contributed by atoms with Gasteiger partial charge in [-0.05, 0) is 19.1 Å². The van der Waals surface area contributed by atoms with Gasteiger partial charge in [-0.25, -0.2) is 10.4 Å². The van der Waals surface area contributed by atoms with E-state index in [9.17, 15) is 9.90 Å². The Balaban J connectivity index is 2.15. The number of aryl methyl sites for hydroxylation is 1. The molecule has 4 N–H and O–H groups in total. The maximum Gasteiger partial charge on any atom is 0.283 e. The molecule has 0 unspecified atom stereocenters. The molecular formula is C13H13BrN4O3S. The lowest BCUT2D eigenvalue weighted by Gasteiger charge is -2.06. The highest BCUT2D eigenvalue weighted by atomic mass is 79.9. The Hall–Kier alpha value is -2.13. The molecule has 0 spiro atoms. The highest BCUT2D eigenvalue weighted by Gasteiger charge is 2.13. The Morgan fingerprint density at radius 3 is 2.91 bits per heavy atom. The molecule has 22 heavy (non-hydrogen) atoms. The zero-order chi connectivity index (χ0) is 16.3. The third kappa shape index (κ3) is 3.55. The van der Waals surface area contributed by atoms with Gasteiger partial charge in [-0.3, -0.25) is 4.79 Å². The Kier molecular flexibility index (Phi) is 4.99. The first-order chi connectivity index (χ1) is 10.4. The number of phenolic OH excluding ortho intramolecular Hbond substituents is 1. The zero-order valence-electron chi connectivity index (χ0n) is 11.8. The molecule has 2 rings (SSSR count). The minimum Gasteiger partial charge on any atom is -0.504 e. The van der Waals surface area contributed by atoms with Gasteiger partial charge >= 0.3 is 0 Å². The summed E-state index contributed by atoms with van der Waals surface area (Å²) >= 11 is 4.38. The molecule has 2 aromatic rings. The predicted octanol–water partition coefficient (Wildman–Crippen LogP) is 2.27. The van der Waals surface area contributed by atoms with E-state index in [1.54, 1.807) is 19.1 Å². The maximum atomic E-state index is 11.9. The summed E-state index contributed by atoms with van der Waals surface area (Å²) in [6.45, 7) is 1.69. The first-order valence-electron chi connectivity index (χ1n) is 6.05.